The fourth-order valence-electron chi connectivity index (χ4n) is 8.50. The second kappa shape index (κ2) is 15.9. The number of imide groups is 1. The molecule has 6 heterocycles. The Balaban J connectivity index is 0.642. The molecular weight excluding hydrogens is 751 g/mol. The Kier molecular flexibility index (Phi) is 10.4. The van der Waals surface area contributed by atoms with Gasteiger partial charge in [-0.2, -0.15) is 0 Å². The third-order valence-electron chi connectivity index (χ3n) is 12.1. The number of carbonyl (C=O) groups excluding carboxylic acids is 4. The first-order valence-electron chi connectivity index (χ1n) is 20.3. The van der Waals surface area contributed by atoms with Crippen LogP contribution >= 0.6 is 0 Å². The second-order valence-corrected chi connectivity index (χ2v) is 16.1. The Morgan fingerprint density at radius 2 is 1.75 bits per heavy atom. The quantitative estimate of drug-likeness (QED) is 0.119. The van der Waals surface area contributed by atoms with E-state index in [4.69, 9.17) is 14.2 Å². The van der Waals surface area contributed by atoms with Crippen LogP contribution in [0.2, 0.25) is 0 Å². The molecule has 1 N–H and O–H groups in total. The number of pyridine rings is 2. The highest BCUT2D eigenvalue weighted by Crippen LogP contribution is 2.35. The van der Waals surface area contributed by atoms with Gasteiger partial charge < -0.3 is 33.9 Å². The largest absolute Gasteiger partial charge is 0.474 e. The molecule has 9 rings (SSSR count). The van der Waals surface area contributed by atoms with Gasteiger partial charge in [-0.3, -0.25) is 29.1 Å². The number of hydrogen-bond donors (Lipinski definition) is 1. The molecule has 3 aliphatic heterocycles. The zero-order chi connectivity index (χ0) is 40.8. The average Bonchev–Trinajstić information content (AvgIpc) is 3.63. The molecule has 2 saturated heterocycles. The highest BCUT2D eigenvalue weighted by molar-refractivity contribution is 6.23. The minimum atomic E-state index is -0.836. The van der Waals surface area contributed by atoms with Crippen LogP contribution in [0.25, 0.3) is 32.9 Å². The molecule has 4 amide bonds. The van der Waals surface area contributed by atoms with Crippen LogP contribution in [0.15, 0.2) is 85.5 Å². The lowest BCUT2D eigenvalue weighted by atomic mass is 9.92. The second-order valence-electron chi connectivity index (χ2n) is 16.1. The smallest absolute Gasteiger partial charge is 0.262 e. The molecule has 14 nitrogen and oxygen atoms in total. The Hall–Kier alpha value is -6.12. The highest BCUT2D eigenvalue weighted by Gasteiger charge is 2.44. The number of benzene rings is 2. The van der Waals surface area contributed by atoms with Gasteiger partial charge in [0.15, 0.2) is 0 Å². The van der Waals surface area contributed by atoms with Crippen LogP contribution in [0, 0.1) is 5.92 Å². The first-order chi connectivity index (χ1) is 28.6. The van der Waals surface area contributed by atoms with Gasteiger partial charge in [0.05, 0.1) is 29.4 Å². The lowest BCUT2D eigenvalue weighted by Crippen LogP contribution is -2.51. The number of nitrogens with zero attached hydrogens (tertiary/aromatic N) is 6. The number of carbonyl (C=O) groups is 4. The summed E-state index contributed by atoms with van der Waals surface area (Å²) in [5.41, 5.74) is 6.48. The van der Waals surface area contributed by atoms with E-state index >= 15 is 0 Å². The lowest BCUT2D eigenvalue weighted by molar-refractivity contribution is -0.135. The summed E-state index contributed by atoms with van der Waals surface area (Å²) in [5.74, 6) is -0.505. The number of hydrogen-bond acceptors (Lipinski definition) is 10. The third kappa shape index (κ3) is 7.54. The predicted molar refractivity (Wildman–Crippen MR) is 221 cm³/mol. The van der Waals surface area contributed by atoms with Crippen LogP contribution < -0.4 is 15.0 Å². The van der Waals surface area contributed by atoms with Gasteiger partial charge >= 0.3 is 0 Å². The minimum Gasteiger partial charge on any atom is -0.474 e. The SMILES string of the molecule is C=C1CCC(N2C(=O)c3ccc(N4CC(COCC(=O)N(C)CCCOC5CC(Oc6ccc(-c7ccc8c9cnccc9n(C)c8c7)cn6)C5)C4)cc3C2=O)C(=O)N1. The Bertz CT molecular complexity index is 2470. The number of amides is 4. The molecule has 0 radical (unpaired) electrons. The molecular formula is C45H47N7O7. The number of anilines is 1. The lowest BCUT2D eigenvalue weighted by Gasteiger charge is -2.41. The van der Waals surface area contributed by atoms with Crippen LogP contribution in [0.5, 0.6) is 5.88 Å². The predicted octanol–water partition coefficient (Wildman–Crippen LogP) is 5.10. The fraction of sp³-hybridized carbons (Fsp3) is 0.378. The van der Waals surface area contributed by atoms with Gasteiger partial charge in [-0.05, 0) is 61.2 Å². The zero-order valence-corrected chi connectivity index (χ0v) is 33.3. The molecule has 14 heteroatoms. The van der Waals surface area contributed by atoms with Crippen LogP contribution in [0.3, 0.4) is 0 Å². The van der Waals surface area contributed by atoms with Crippen molar-refractivity contribution in [1.29, 1.82) is 0 Å². The van der Waals surface area contributed by atoms with Crippen molar-refractivity contribution < 1.29 is 33.4 Å². The normalized spacial score (nSPS) is 20.5. The van der Waals surface area contributed by atoms with E-state index in [1.54, 1.807) is 24.1 Å². The first kappa shape index (κ1) is 38.4. The molecule has 1 atom stereocenters. The number of rotatable bonds is 14. The molecule has 3 fully saturated rings. The van der Waals surface area contributed by atoms with Crippen molar-refractivity contribution in [3.63, 3.8) is 0 Å². The number of fused-ring (bicyclic) bond motifs is 4. The summed E-state index contributed by atoms with van der Waals surface area (Å²) in [7, 11) is 3.85. The fourth-order valence-corrected chi connectivity index (χ4v) is 8.50. The number of aryl methyl sites for hydroxylation is 1. The van der Waals surface area contributed by atoms with Gasteiger partial charge in [0.2, 0.25) is 17.7 Å². The van der Waals surface area contributed by atoms with Crippen molar-refractivity contribution in [3.8, 4) is 17.0 Å². The Morgan fingerprint density at radius 3 is 2.54 bits per heavy atom. The van der Waals surface area contributed by atoms with E-state index in [0.717, 1.165) is 57.4 Å². The van der Waals surface area contributed by atoms with E-state index in [0.29, 0.717) is 68.4 Å². The van der Waals surface area contributed by atoms with E-state index in [9.17, 15) is 19.2 Å². The highest BCUT2D eigenvalue weighted by atomic mass is 16.5. The molecule has 5 aromatic rings. The molecule has 2 aromatic carbocycles. The summed E-state index contributed by atoms with van der Waals surface area (Å²) in [6.45, 7) is 6.78. The molecule has 1 unspecified atom stereocenters. The monoisotopic (exact) mass is 797 g/mol. The number of likely N-dealkylation sites (N-methyl/N-ethyl adjacent to an activating group) is 1. The number of piperidine rings is 1. The topological polar surface area (TPSA) is 148 Å². The van der Waals surface area contributed by atoms with Gasteiger partial charge in [-0.15, -0.1) is 0 Å². The van der Waals surface area contributed by atoms with Gasteiger partial charge in [-0.25, -0.2) is 4.98 Å². The number of aromatic nitrogens is 3. The van der Waals surface area contributed by atoms with Crippen LogP contribution in [-0.2, 0) is 26.1 Å². The van der Waals surface area contributed by atoms with Crippen molar-refractivity contribution >= 4 is 51.1 Å². The van der Waals surface area contributed by atoms with Crippen molar-refractivity contribution in [2.75, 3.05) is 51.4 Å². The summed E-state index contributed by atoms with van der Waals surface area (Å²) in [6, 6.07) is 16.9. The van der Waals surface area contributed by atoms with E-state index in [-0.39, 0.29) is 36.5 Å². The molecule has 1 saturated carbocycles. The molecule has 0 bridgehead atoms. The summed E-state index contributed by atoms with van der Waals surface area (Å²) >= 11 is 0. The number of nitrogens with one attached hydrogen (secondary N) is 1. The molecule has 3 aromatic heterocycles. The van der Waals surface area contributed by atoms with Gasteiger partial charge in [0.25, 0.3) is 11.8 Å². The Labute approximate surface area is 341 Å². The standard InChI is InChI=1S/C45H47N7O7/c1-27-5-11-39(43(54)48-27)52-44(55)35-10-8-31(18-36(35)45(52)56)51-23-28(24-51)25-57-26-42(53)49(2)15-4-16-58-32-19-33(20-32)59-41-12-7-30(21-47-41)29-6-9-34-37-22-46-14-13-38(37)50(3)40(34)17-29/h6-10,12-14,17-18,21-22,28,32-33,39H,1,4-5,11,15-16,19-20,23-26H2,2-3H3,(H,48,54). The van der Waals surface area contributed by atoms with E-state index in [1.165, 1.54) is 5.39 Å². The van der Waals surface area contributed by atoms with Crippen molar-refractivity contribution in [1.82, 2.24) is 29.7 Å². The summed E-state index contributed by atoms with van der Waals surface area (Å²) in [4.78, 5) is 65.3. The van der Waals surface area contributed by atoms with Gasteiger partial charge in [0, 0.05) is 117 Å². The number of ether oxygens (including phenoxy) is 3. The average molecular weight is 798 g/mol. The number of allylic oxidation sites excluding steroid dienone is 1. The molecule has 59 heavy (non-hydrogen) atoms. The summed E-state index contributed by atoms with van der Waals surface area (Å²) in [5, 5.41) is 4.98. The van der Waals surface area contributed by atoms with Crippen molar-refractivity contribution in [2.45, 2.75) is 50.4 Å². The first-order valence-corrected chi connectivity index (χ1v) is 20.3. The van der Waals surface area contributed by atoms with Crippen LogP contribution in [0.1, 0.15) is 52.8 Å². The minimum absolute atomic E-state index is 0.00920. The van der Waals surface area contributed by atoms with Crippen LogP contribution in [-0.4, -0.2) is 113 Å². The molecule has 304 valence electrons. The van der Waals surface area contributed by atoms with Gasteiger partial charge in [0.1, 0.15) is 18.8 Å². The van der Waals surface area contributed by atoms with E-state index in [2.05, 4.69) is 56.6 Å². The molecule has 1 aliphatic carbocycles. The Morgan fingerprint density at radius 1 is 0.932 bits per heavy atom. The van der Waals surface area contributed by atoms with E-state index < -0.39 is 17.9 Å². The maximum Gasteiger partial charge on any atom is 0.262 e. The molecule has 0 spiro atoms. The maximum absolute atomic E-state index is 13.2. The van der Waals surface area contributed by atoms with Gasteiger partial charge in [-0.1, -0.05) is 18.7 Å². The molecule has 4 aliphatic rings. The van der Waals surface area contributed by atoms with Crippen molar-refractivity contribution in [2.24, 2.45) is 13.0 Å². The van der Waals surface area contributed by atoms with Crippen LogP contribution in [0.4, 0.5) is 5.69 Å². The summed E-state index contributed by atoms with van der Waals surface area (Å²) in [6.07, 6.45) is 9.01. The summed E-state index contributed by atoms with van der Waals surface area (Å²) < 4.78 is 20.1. The third-order valence-corrected chi connectivity index (χ3v) is 12.1. The van der Waals surface area contributed by atoms with Crippen molar-refractivity contribution in [3.05, 3.63) is 96.6 Å². The maximum atomic E-state index is 13.2. The van der Waals surface area contributed by atoms with E-state index in [1.807, 2.05) is 42.9 Å². The zero-order valence-electron chi connectivity index (χ0n) is 33.3.